The number of benzene rings is 1. The van der Waals surface area contributed by atoms with Gasteiger partial charge in [-0.05, 0) is 29.6 Å². The maximum atomic E-state index is 13.3. The van der Waals surface area contributed by atoms with Crippen LogP contribution in [0.1, 0.15) is 15.2 Å². The van der Waals surface area contributed by atoms with Crippen molar-refractivity contribution < 1.29 is 18.7 Å². The molecule has 0 aliphatic heterocycles. The lowest BCUT2D eigenvalue weighted by Gasteiger charge is -2.05. The summed E-state index contributed by atoms with van der Waals surface area (Å²) in [5, 5.41) is 1.77. The lowest BCUT2D eigenvalue weighted by atomic mass is 10.1. The molecule has 94 valence electrons. The normalized spacial score (nSPS) is 10.2. The summed E-state index contributed by atoms with van der Waals surface area (Å²) in [7, 11) is 2.86. The van der Waals surface area contributed by atoms with Crippen LogP contribution in [-0.2, 0) is 0 Å². The van der Waals surface area contributed by atoms with Crippen LogP contribution in [0, 0.1) is 5.82 Å². The van der Waals surface area contributed by atoms with E-state index in [0.717, 1.165) is 0 Å². The first-order valence-corrected chi connectivity index (χ1v) is 6.05. The number of carbonyl (C=O) groups is 1. The Morgan fingerprint density at radius 2 is 1.89 bits per heavy atom. The van der Waals surface area contributed by atoms with Gasteiger partial charge in [-0.1, -0.05) is 0 Å². The average molecular weight is 266 g/mol. The second-order valence-electron chi connectivity index (χ2n) is 3.50. The third-order valence-electron chi connectivity index (χ3n) is 2.47. The number of thiophene rings is 1. The van der Waals surface area contributed by atoms with Gasteiger partial charge in [0.2, 0.25) is 5.78 Å². The van der Waals surface area contributed by atoms with Gasteiger partial charge >= 0.3 is 0 Å². The molecule has 2 aromatic rings. The van der Waals surface area contributed by atoms with Crippen molar-refractivity contribution in [3.05, 3.63) is 45.9 Å². The Kier molecular flexibility index (Phi) is 3.62. The summed E-state index contributed by atoms with van der Waals surface area (Å²) in [5.41, 5.74) is 0.369. The summed E-state index contributed by atoms with van der Waals surface area (Å²) < 4.78 is 23.2. The molecule has 1 heterocycles. The molecule has 0 aliphatic rings. The molecule has 0 aliphatic carbocycles. The van der Waals surface area contributed by atoms with Gasteiger partial charge in [-0.3, -0.25) is 4.79 Å². The number of carbonyl (C=O) groups excluding carboxylic acids is 1. The molecule has 0 bridgehead atoms. The van der Waals surface area contributed by atoms with Crippen LogP contribution in [0.15, 0.2) is 29.6 Å². The van der Waals surface area contributed by atoms with E-state index in [0.29, 0.717) is 16.2 Å². The molecule has 18 heavy (non-hydrogen) atoms. The van der Waals surface area contributed by atoms with Crippen molar-refractivity contribution in [3.63, 3.8) is 0 Å². The van der Waals surface area contributed by atoms with E-state index in [2.05, 4.69) is 0 Å². The van der Waals surface area contributed by atoms with Crippen molar-refractivity contribution in [1.82, 2.24) is 0 Å². The molecule has 1 aromatic heterocycles. The van der Waals surface area contributed by atoms with Crippen LogP contribution in [0.5, 0.6) is 11.5 Å². The van der Waals surface area contributed by atoms with E-state index in [9.17, 15) is 9.18 Å². The van der Waals surface area contributed by atoms with Crippen LogP contribution in [0.25, 0.3) is 0 Å². The smallest absolute Gasteiger partial charge is 0.206 e. The first-order chi connectivity index (χ1) is 8.67. The molecule has 0 atom stereocenters. The number of hydrogen-bond donors (Lipinski definition) is 0. The highest BCUT2D eigenvalue weighted by Gasteiger charge is 2.17. The maximum Gasteiger partial charge on any atom is 0.206 e. The van der Waals surface area contributed by atoms with Crippen LogP contribution in [-0.4, -0.2) is 20.0 Å². The molecule has 2 rings (SSSR count). The maximum absolute atomic E-state index is 13.3. The van der Waals surface area contributed by atoms with Crippen LogP contribution in [0.3, 0.4) is 0 Å². The van der Waals surface area contributed by atoms with E-state index >= 15 is 0 Å². The van der Waals surface area contributed by atoms with Crippen molar-refractivity contribution in [1.29, 1.82) is 0 Å². The molecule has 0 fully saturated rings. The third kappa shape index (κ3) is 2.22. The number of ether oxygens (including phenoxy) is 2. The molecular formula is C13H11FO3S. The van der Waals surface area contributed by atoms with E-state index < -0.39 is 5.82 Å². The van der Waals surface area contributed by atoms with Gasteiger partial charge in [0.15, 0.2) is 11.6 Å². The Balaban J connectivity index is 2.40. The molecule has 5 heteroatoms. The zero-order valence-electron chi connectivity index (χ0n) is 9.90. The quantitative estimate of drug-likeness (QED) is 0.797. The summed E-state index contributed by atoms with van der Waals surface area (Å²) in [6.45, 7) is 0. The minimum Gasteiger partial charge on any atom is -0.495 e. The first-order valence-electron chi connectivity index (χ1n) is 5.17. The van der Waals surface area contributed by atoms with Gasteiger partial charge in [-0.25, -0.2) is 4.39 Å². The van der Waals surface area contributed by atoms with Gasteiger partial charge in [-0.2, -0.15) is 0 Å². The highest BCUT2D eigenvalue weighted by molar-refractivity contribution is 7.12. The summed E-state index contributed by atoms with van der Waals surface area (Å²) in [5.74, 6) is -0.128. The van der Waals surface area contributed by atoms with Crippen molar-refractivity contribution in [2.24, 2.45) is 0 Å². The Labute approximate surface area is 108 Å². The molecule has 3 nitrogen and oxygen atoms in total. The predicted molar refractivity (Wildman–Crippen MR) is 67.3 cm³/mol. The van der Waals surface area contributed by atoms with Crippen molar-refractivity contribution in [2.75, 3.05) is 14.2 Å². The van der Waals surface area contributed by atoms with Crippen molar-refractivity contribution in [3.8, 4) is 11.5 Å². The molecule has 0 spiro atoms. The molecule has 0 saturated carbocycles. The van der Waals surface area contributed by atoms with E-state index in [1.165, 1.54) is 43.8 Å². The predicted octanol–water partition coefficient (Wildman–Crippen LogP) is 3.14. The second kappa shape index (κ2) is 5.18. The summed E-state index contributed by atoms with van der Waals surface area (Å²) in [4.78, 5) is 12.7. The molecule has 1 aromatic carbocycles. The molecule has 0 amide bonds. The van der Waals surface area contributed by atoms with Gasteiger partial charge in [0, 0.05) is 5.56 Å². The number of ketones is 1. The Bertz CT molecular complexity index is 577. The summed E-state index contributed by atoms with van der Waals surface area (Å²) >= 11 is 1.29. The fraction of sp³-hybridized carbons (Fsp3) is 0.154. The lowest BCUT2D eigenvalue weighted by molar-refractivity contribution is 0.103. The van der Waals surface area contributed by atoms with Gasteiger partial charge in [-0.15, -0.1) is 11.3 Å². The monoisotopic (exact) mass is 266 g/mol. The first kappa shape index (κ1) is 12.6. The Morgan fingerprint density at radius 1 is 1.17 bits per heavy atom. The highest BCUT2D eigenvalue weighted by atomic mass is 32.1. The molecular weight excluding hydrogens is 255 g/mol. The van der Waals surface area contributed by atoms with Gasteiger partial charge < -0.3 is 9.47 Å². The largest absolute Gasteiger partial charge is 0.495 e. The Hall–Kier alpha value is -1.88. The van der Waals surface area contributed by atoms with Gasteiger partial charge in [0.25, 0.3) is 0 Å². The SMILES string of the molecule is COc1cc(C(=O)c2sccc2OC)ccc1F. The minimum atomic E-state index is -0.493. The standard InChI is InChI=1S/C13H11FO3S/c1-16-10-5-6-18-13(10)12(15)8-3-4-9(14)11(7-8)17-2/h3-7H,1-2H3. The van der Waals surface area contributed by atoms with Crippen LogP contribution in [0.2, 0.25) is 0 Å². The molecule has 0 N–H and O–H groups in total. The van der Waals surface area contributed by atoms with Crippen LogP contribution < -0.4 is 9.47 Å². The van der Waals surface area contributed by atoms with Crippen LogP contribution >= 0.6 is 11.3 Å². The number of halogens is 1. The molecule has 0 radical (unpaired) electrons. The lowest BCUT2D eigenvalue weighted by Crippen LogP contribution is -2.02. The van der Waals surface area contributed by atoms with E-state index in [4.69, 9.17) is 9.47 Å². The van der Waals surface area contributed by atoms with E-state index in [1.807, 2.05) is 0 Å². The van der Waals surface area contributed by atoms with Crippen molar-refractivity contribution >= 4 is 17.1 Å². The fourth-order valence-electron chi connectivity index (χ4n) is 1.56. The van der Waals surface area contributed by atoms with E-state index in [1.54, 1.807) is 11.4 Å². The van der Waals surface area contributed by atoms with Gasteiger partial charge in [0.05, 0.1) is 14.2 Å². The molecule has 0 unspecified atom stereocenters. The summed E-state index contributed by atoms with van der Waals surface area (Å²) in [6, 6.07) is 5.75. The second-order valence-corrected chi connectivity index (χ2v) is 4.41. The van der Waals surface area contributed by atoms with E-state index in [-0.39, 0.29) is 11.5 Å². The zero-order chi connectivity index (χ0) is 13.1. The Morgan fingerprint density at radius 3 is 2.56 bits per heavy atom. The van der Waals surface area contributed by atoms with Gasteiger partial charge in [0.1, 0.15) is 10.6 Å². The topological polar surface area (TPSA) is 35.5 Å². The fourth-order valence-corrected chi connectivity index (χ4v) is 2.38. The minimum absolute atomic E-state index is 0.0522. The highest BCUT2D eigenvalue weighted by Crippen LogP contribution is 2.28. The number of rotatable bonds is 4. The number of hydrogen-bond acceptors (Lipinski definition) is 4. The van der Waals surface area contributed by atoms with Crippen LogP contribution in [0.4, 0.5) is 4.39 Å². The molecule has 0 saturated heterocycles. The zero-order valence-corrected chi connectivity index (χ0v) is 10.7. The average Bonchev–Trinajstić information content (AvgIpc) is 2.86. The van der Waals surface area contributed by atoms with Crippen molar-refractivity contribution in [2.45, 2.75) is 0 Å². The third-order valence-corrected chi connectivity index (χ3v) is 3.36. The summed E-state index contributed by atoms with van der Waals surface area (Å²) in [6.07, 6.45) is 0. The number of methoxy groups -OCH3 is 2.